The summed E-state index contributed by atoms with van der Waals surface area (Å²) in [5, 5.41) is 0.322. The summed E-state index contributed by atoms with van der Waals surface area (Å²) in [6, 6.07) is 2.69. The molecule has 1 heterocycles. The van der Waals surface area contributed by atoms with Crippen LogP contribution in [0.2, 0.25) is 5.02 Å². The summed E-state index contributed by atoms with van der Waals surface area (Å²) in [4.78, 5) is 0.147. The highest BCUT2D eigenvalue weighted by molar-refractivity contribution is 7.89. The first-order valence-electron chi connectivity index (χ1n) is 6.05. The van der Waals surface area contributed by atoms with Crippen LogP contribution in [0.3, 0.4) is 0 Å². The predicted octanol–water partition coefficient (Wildman–Crippen LogP) is 1.71. The first-order chi connectivity index (χ1) is 8.83. The molecule has 0 fully saturated rings. The molecule has 1 aliphatic rings. The van der Waals surface area contributed by atoms with Gasteiger partial charge in [0.15, 0.2) is 0 Å². The van der Waals surface area contributed by atoms with Gasteiger partial charge in [0.1, 0.15) is 11.9 Å². The van der Waals surface area contributed by atoms with Crippen molar-refractivity contribution in [2.45, 2.75) is 37.3 Å². The summed E-state index contributed by atoms with van der Waals surface area (Å²) in [5.74, 6) is 0.583. The lowest BCUT2D eigenvalue weighted by molar-refractivity contribution is 0.255. The first kappa shape index (κ1) is 17.5. The maximum absolute atomic E-state index is 12.2. The van der Waals surface area contributed by atoms with Gasteiger partial charge in [0.2, 0.25) is 10.0 Å². The molecule has 2 rings (SSSR count). The zero-order chi connectivity index (χ0) is 14.2. The third-order valence-electron chi connectivity index (χ3n) is 2.94. The standard InChI is InChI=1S/C12H17ClN2O3S.ClH/c1-7(6-14)15-19(16,17)10-4-9-3-8(2)18-12(9)11(13)5-10;/h4-5,7-8,15H,3,6,14H2,1-2H3;1H/t7-,8?;/m0./s1. The SMILES string of the molecule is CC1Cc2cc(S(=O)(=O)N[C@@H](C)CN)cc(Cl)c2O1.Cl. The number of halogens is 2. The number of ether oxygens (including phenoxy) is 1. The third kappa shape index (κ3) is 3.56. The van der Waals surface area contributed by atoms with Gasteiger partial charge < -0.3 is 10.5 Å². The first-order valence-corrected chi connectivity index (χ1v) is 7.91. The summed E-state index contributed by atoms with van der Waals surface area (Å²) in [7, 11) is -3.60. The number of rotatable bonds is 4. The molecule has 2 atom stereocenters. The number of nitrogens with one attached hydrogen (secondary N) is 1. The zero-order valence-electron chi connectivity index (χ0n) is 11.2. The number of benzene rings is 1. The zero-order valence-corrected chi connectivity index (χ0v) is 13.6. The van der Waals surface area contributed by atoms with Gasteiger partial charge in [0.05, 0.1) is 9.92 Å². The van der Waals surface area contributed by atoms with Crippen LogP contribution < -0.4 is 15.2 Å². The molecule has 0 saturated heterocycles. The Labute approximate surface area is 130 Å². The van der Waals surface area contributed by atoms with Crippen LogP contribution in [-0.2, 0) is 16.4 Å². The van der Waals surface area contributed by atoms with Crippen molar-refractivity contribution in [3.05, 3.63) is 22.7 Å². The van der Waals surface area contributed by atoms with Gasteiger partial charge in [-0.2, -0.15) is 0 Å². The van der Waals surface area contributed by atoms with Gasteiger partial charge in [0.25, 0.3) is 0 Å². The van der Waals surface area contributed by atoms with Crippen LogP contribution in [0.1, 0.15) is 19.4 Å². The maximum Gasteiger partial charge on any atom is 0.240 e. The van der Waals surface area contributed by atoms with E-state index >= 15 is 0 Å². The van der Waals surface area contributed by atoms with Gasteiger partial charge in [-0.15, -0.1) is 12.4 Å². The second-order valence-electron chi connectivity index (χ2n) is 4.78. The quantitative estimate of drug-likeness (QED) is 0.874. The normalized spacial score (nSPS) is 18.9. The van der Waals surface area contributed by atoms with Gasteiger partial charge in [0, 0.05) is 24.6 Å². The van der Waals surface area contributed by atoms with Crippen molar-refractivity contribution < 1.29 is 13.2 Å². The van der Waals surface area contributed by atoms with E-state index in [2.05, 4.69) is 4.72 Å². The van der Waals surface area contributed by atoms with Crippen LogP contribution in [0, 0.1) is 0 Å². The molecule has 1 aromatic carbocycles. The fraction of sp³-hybridized carbons (Fsp3) is 0.500. The van der Waals surface area contributed by atoms with E-state index in [9.17, 15) is 8.42 Å². The number of hydrogen-bond acceptors (Lipinski definition) is 4. The van der Waals surface area contributed by atoms with E-state index in [1.807, 2.05) is 6.92 Å². The van der Waals surface area contributed by atoms with Gasteiger partial charge >= 0.3 is 0 Å². The molecule has 0 saturated carbocycles. The maximum atomic E-state index is 12.2. The Hall–Kier alpha value is -0.530. The van der Waals surface area contributed by atoms with Crippen LogP contribution in [0.4, 0.5) is 0 Å². The van der Waals surface area contributed by atoms with Gasteiger partial charge in [-0.25, -0.2) is 13.1 Å². The minimum Gasteiger partial charge on any atom is -0.489 e. The molecule has 1 aliphatic heterocycles. The number of nitrogens with two attached hydrogens (primary N) is 1. The smallest absolute Gasteiger partial charge is 0.240 e. The monoisotopic (exact) mass is 340 g/mol. The predicted molar refractivity (Wildman–Crippen MR) is 81.3 cm³/mol. The fourth-order valence-corrected chi connectivity index (χ4v) is 3.68. The Morgan fingerprint density at radius 1 is 1.55 bits per heavy atom. The number of hydrogen-bond donors (Lipinski definition) is 2. The third-order valence-corrected chi connectivity index (χ3v) is 4.79. The molecule has 1 unspecified atom stereocenters. The second kappa shape index (κ2) is 6.49. The van der Waals surface area contributed by atoms with E-state index in [0.29, 0.717) is 17.2 Å². The van der Waals surface area contributed by atoms with Crippen molar-refractivity contribution in [2.75, 3.05) is 6.54 Å². The average molecular weight is 341 g/mol. The van der Waals surface area contributed by atoms with E-state index in [1.165, 1.54) is 6.07 Å². The molecule has 0 aliphatic carbocycles. The fourth-order valence-electron chi connectivity index (χ4n) is 2.00. The summed E-state index contributed by atoms with van der Waals surface area (Å²) >= 11 is 6.07. The van der Waals surface area contributed by atoms with Crippen LogP contribution in [0.5, 0.6) is 5.75 Å². The molecule has 0 amide bonds. The molecule has 0 bridgehead atoms. The Bertz CT molecular complexity index is 593. The lowest BCUT2D eigenvalue weighted by atomic mass is 10.1. The largest absolute Gasteiger partial charge is 0.489 e. The van der Waals surface area contributed by atoms with Crippen molar-refractivity contribution in [1.82, 2.24) is 4.72 Å². The highest BCUT2D eigenvalue weighted by Crippen LogP contribution is 2.37. The molecule has 114 valence electrons. The molecule has 0 radical (unpaired) electrons. The number of fused-ring (bicyclic) bond motifs is 1. The van der Waals surface area contributed by atoms with Gasteiger partial charge in [-0.1, -0.05) is 11.6 Å². The highest BCUT2D eigenvalue weighted by atomic mass is 35.5. The number of sulfonamides is 1. The van der Waals surface area contributed by atoms with Crippen molar-refractivity contribution in [1.29, 1.82) is 0 Å². The molecule has 20 heavy (non-hydrogen) atoms. The van der Waals surface area contributed by atoms with Crippen molar-refractivity contribution >= 4 is 34.0 Å². The molecular formula is C12H18Cl2N2O3S. The van der Waals surface area contributed by atoms with Crippen LogP contribution >= 0.6 is 24.0 Å². The summed E-state index contributed by atoms with van der Waals surface area (Å²) in [6.45, 7) is 3.86. The molecule has 0 spiro atoms. The van der Waals surface area contributed by atoms with E-state index in [4.69, 9.17) is 22.1 Å². The van der Waals surface area contributed by atoms with Gasteiger partial charge in [-0.05, 0) is 26.0 Å². The van der Waals surface area contributed by atoms with Crippen molar-refractivity contribution in [3.8, 4) is 5.75 Å². The second-order valence-corrected chi connectivity index (χ2v) is 6.91. The Morgan fingerprint density at radius 2 is 2.20 bits per heavy atom. The van der Waals surface area contributed by atoms with Crippen LogP contribution in [0.15, 0.2) is 17.0 Å². The lowest BCUT2D eigenvalue weighted by Gasteiger charge is -2.13. The van der Waals surface area contributed by atoms with E-state index in [1.54, 1.807) is 13.0 Å². The molecule has 5 nitrogen and oxygen atoms in total. The van der Waals surface area contributed by atoms with Crippen molar-refractivity contribution in [2.24, 2.45) is 5.73 Å². The lowest BCUT2D eigenvalue weighted by Crippen LogP contribution is -2.37. The van der Waals surface area contributed by atoms with Crippen molar-refractivity contribution in [3.63, 3.8) is 0 Å². The average Bonchev–Trinajstić information content (AvgIpc) is 2.69. The molecular weight excluding hydrogens is 323 g/mol. The minimum absolute atomic E-state index is 0. The Kier molecular flexibility index (Phi) is 5.69. The summed E-state index contributed by atoms with van der Waals surface area (Å²) in [5.41, 5.74) is 6.24. The van der Waals surface area contributed by atoms with Crippen LogP contribution in [-0.4, -0.2) is 27.1 Å². The Morgan fingerprint density at radius 3 is 2.80 bits per heavy atom. The molecule has 0 aromatic heterocycles. The summed E-state index contributed by atoms with van der Waals surface area (Å²) in [6.07, 6.45) is 0.673. The topological polar surface area (TPSA) is 81.4 Å². The molecule has 3 N–H and O–H groups in total. The van der Waals surface area contributed by atoms with E-state index < -0.39 is 10.0 Å². The highest BCUT2D eigenvalue weighted by Gasteiger charge is 2.26. The van der Waals surface area contributed by atoms with Crippen LogP contribution in [0.25, 0.3) is 0 Å². The van der Waals surface area contributed by atoms with Gasteiger partial charge in [-0.3, -0.25) is 0 Å². The molecule has 1 aromatic rings. The minimum atomic E-state index is -3.60. The van der Waals surface area contributed by atoms with E-state index in [-0.39, 0.29) is 36.0 Å². The Balaban J connectivity index is 0.00000200. The molecule has 8 heteroatoms. The van der Waals surface area contributed by atoms with E-state index in [0.717, 1.165) is 5.56 Å². The summed E-state index contributed by atoms with van der Waals surface area (Å²) < 4.78 is 32.4.